The van der Waals surface area contributed by atoms with Crippen molar-refractivity contribution in [3.05, 3.63) is 90.3 Å². The molecule has 1 aromatic heterocycles. The first kappa shape index (κ1) is 16.4. The monoisotopic (exact) mass is 331 g/mol. The minimum Gasteiger partial charge on any atom is -0.326 e. The third-order valence-corrected chi connectivity index (χ3v) is 3.58. The number of benzene rings is 2. The molecule has 25 heavy (non-hydrogen) atoms. The first-order valence-corrected chi connectivity index (χ1v) is 7.86. The van der Waals surface area contributed by atoms with E-state index in [-0.39, 0.29) is 11.8 Å². The van der Waals surface area contributed by atoms with E-state index in [2.05, 4.69) is 15.6 Å². The van der Waals surface area contributed by atoms with E-state index in [0.717, 1.165) is 5.56 Å². The van der Waals surface area contributed by atoms with E-state index >= 15 is 0 Å². The fourth-order valence-electron chi connectivity index (χ4n) is 2.33. The van der Waals surface area contributed by atoms with Gasteiger partial charge in [0.05, 0.1) is 6.42 Å². The lowest BCUT2D eigenvalue weighted by Crippen LogP contribution is -2.15. The summed E-state index contributed by atoms with van der Waals surface area (Å²) in [4.78, 5) is 28.1. The summed E-state index contributed by atoms with van der Waals surface area (Å²) < 4.78 is 0. The molecule has 5 nitrogen and oxygen atoms in total. The van der Waals surface area contributed by atoms with Crippen molar-refractivity contribution in [1.29, 1.82) is 0 Å². The molecule has 0 fully saturated rings. The summed E-state index contributed by atoms with van der Waals surface area (Å²) in [7, 11) is 0. The summed E-state index contributed by atoms with van der Waals surface area (Å²) in [6, 6.07) is 19.7. The van der Waals surface area contributed by atoms with Gasteiger partial charge in [-0.3, -0.25) is 14.6 Å². The number of nitrogens with one attached hydrogen (secondary N) is 2. The van der Waals surface area contributed by atoms with Gasteiger partial charge in [-0.2, -0.15) is 0 Å². The van der Waals surface area contributed by atoms with E-state index in [1.807, 2.05) is 30.3 Å². The molecule has 3 rings (SSSR count). The van der Waals surface area contributed by atoms with Crippen molar-refractivity contribution in [2.24, 2.45) is 0 Å². The number of anilines is 2. The molecular weight excluding hydrogens is 314 g/mol. The molecule has 0 bridgehead atoms. The Morgan fingerprint density at radius 2 is 1.40 bits per heavy atom. The molecule has 0 spiro atoms. The number of nitrogens with zero attached hydrogens (tertiary/aromatic N) is 1. The first-order valence-electron chi connectivity index (χ1n) is 7.86. The molecule has 2 amide bonds. The highest BCUT2D eigenvalue weighted by atomic mass is 16.2. The van der Waals surface area contributed by atoms with Crippen LogP contribution >= 0.6 is 0 Å². The normalized spacial score (nSPS) is 10.1. The molecule has 0 unspecified atom stereocenters. The minimum atomic E-state index is -0.214. The molecule has 0 aliphatic rings. The predicted molar refractivity (Wildman–Crippen MR) is 97.4 cm³/mol. The van der Waals surface area contributed by atoms with Crippen molar-refractivity contribution in [3.63, 3.8) is 0 Å². The van der Waals surface area contributed by atoms with Gasteiger partial charge < -0.3 is 10.6 Å². The van der Waals surface area contributed by atoms with E-state index in [9.17, 15) is 9.59 Å². The second-order valence-electron chi connectivity index (χ2n) is 5.48. The predicted octanol–water partition coefficient (Wildman–Crippen LogP) is 3.52. The van der Waals surface area contributed by atoms with Crippen molar-refractivity contribution in [3.8, 4) is 0 Å². The highest BCUT2D eigenvalue weighted by molar-refractivity contribution is 6.04. The largest absolute Gasteiger partial charge is 0.326 e. The topological polar surface area (TPSA) is 71.1 Å². The highest BCUT2D eigenvalue weighted by Gasteiger charge is 2.07. The first-order chi connectivity index (χ1) is 12.2. The number of hydrogen-bond donors (Lipinski definition) is 2. The van der Waals surface area contributed by atoms with Crippen molar-refractivity contribution in [2.75, 3.05) is 10.6 Å². The van der Waals surface area contributed by atoms with Crippen molar-refractivity contribution in [2.45, 2.75) is 6.42 Å². The van der Waals surface area contributed by atoms with Gasteiger partial charge in [-0.15, -0.1) is 0 Å². The van der Waals surface area contributed by atoms with E-state index in [0.29, 0.717) is 23.4 Å². The number of pyridine rings is 1. The lowest BCUT2D eigenvalue weighted by Gasteiger charge is -2.08. The van der Waals surface area contributed by atoms with E-state index in [4.69, 9.17) is 0 Å². The number of amides is 2. The van der Waals surface area contributed by atoms with E-state index in [1.165, 1.54) is 0 Å². The standard InChI is InChI=1S/C20H17N3O2/c24-19(14-15-4-2-1-3-5-15)22-17-8-6-16(7-9-17)20(25)23-18-10-12-21-13-11-18/h1-13H,14H2,(H,22,24)(H,21,23,25). The number of aromatic nitrogens is 1. The van der Waals surface area contributed by atoms with Crippen LogP contribution in [0.3, 0.4) is 0 Å². The van der Waals surface area contributed by atoms with Gasteiger partial charge in [-0.05, 0) is 42.0 Å². The van der Waals surface area contributed by atoms with Crippen LogP contribution in [0.2, 0.25) is 0 Å². The Morgan fingerprint density at radius 1 is 0.760 bits per heavy atom. The van der Waals surface area contributed by atoms with Crippen LogP contribution in [0.25, 0.3) is 0 Å². The van der Waals surface area contributed by atoms with Gasteiger partial charge in [0.2, 0.25) is 5.91 Å². The Bertz CT molecular complexity index is 847. The summed E-state index contributed by atoms with van der Waals surface area (Å²) in [6.07, 6.45) is 3.53. The van der Waals surface area contributed by atoms with Crippen LogP contribution in [0.5, 0.6) is 0 Å². The lowest BCUT2D eigenvalue weighted by atomic mass is 10.1. The summed E-state index contributed by atoms with van der Waals surface area (Å²) in [5.41, 5.74) is 2.80. The van der Waals surface area contributed by atoms with Crippen molar-refractivity contribution >= 4 is 23.2 Å². The Morgan fingerprint density at radius 3 is 2.08 bits per heavy atom. The van der Waals surface area contributed by atoms with Gasteiger partial charge >= 0.3 is 0 Å². The van der Waals surface area contributed by atoms with Crippen molar-refractivity contribution < 1.29 is 9.59 Å². The van der Waals surface area contributed by atoms with Gasteiger partial charge in [-0.25, -0.2) is 0 Å². The maximum absolute atomic E-state index is 12.2. The highest BCUT2D eigenvalue weighted by Crippen LogP contribution is 2.13. The van der Waals surface area contributed by atoms with Crippen LogP contribution < -0.4 is 10.6 Å². The molecule has 0 saturated heterocycles. The zero-order chi connectivity index (χ0) is 17.5. The molecule has 124 valence electrons. The Kier molecular flexibility index (Phi) is 5.16. The molecule has 0 aliphatic heterocycles. The fraction of sp³-hybridized carbons (Fsp3) is 0.0500. The lowest BCUT2D eigenvalue weighted by molar-refractivity contribution is -0.115. The van der Waals surface area contributed by atoms with Gasteiger partial charge in [0, 0.05) is 29.3 Å². The number of carbonyl (C=O) groups is 2. The molecule has 0 saturated carbocycles. The number of rotatable bonds is 5. The Labute approximate surface area is 145 Å². The smallest absolute Gasteiger partial charge is 0.255 e. The summed E-state index contributed by atoms with van der Waals surface area (Å²) in [5, 5.41) is 5.61. The SMILES string of the molecule is O=C(Cc1ccccc1)Nc1ccc(C(=O)Nc2ccncc2)cc1. The van der Waals surface area contributed by atoms with E-state index < -0.39 is 0 Å². The number of hydrogen-bond acceptors (Lipinski definition) is 3. The molecule has 3 aromatic rings. The van der Waals surface area contributed by atoms with Gasteiger partial charge in [0.1, 0.15) is 0 Å². The third kappa shape index (κ3) is 4.75. The van der Waals surface area contributed by atoms with Crippen LogP contribution in [0.15, 0.2) is 79.1 Å². The van der Waals surface area contributed by atoms with Gasteiger partial charge in [-0.1, -0.05) is 30.3 Å². The van der Waals surface area contributed by atoms with Gasteiger partial charge in [0.15, 0.2) is 0 Å². The summed E-state index contributed by atoms with van der Waals surface area (Å²) in [5.74, 6) is -0.312. The average Bonchev–Trinajstić information content (AvgIpc) is 2.64. The molecule has 1 heterocycles. The zero-order valence-electron chi connectivity index (χ0n) is 13.5. The molecule has 0 aliphatic carbocycles. The molecule has 0 atom stereocenters. The maximum atomic E-state index is 12.2. The Balaban J connectivity index is 1.58. The Hall–Kier alpha value is -3.47. The third-order valence-electron chi connectivity index (χ3n) is 3.58. The van der Waals surface area contributed by atoms with Crippen molar-refractivity contribution in [1.82, 2.24) is 4.98 Å². The van der Waals surface area contributed by atoms with Gasteiger partial charge in [0.25, 0.3) is 5.91 Å². The molecule has 2 aromatic carbocycles. The van der Waals surface area contributed by atoms with Crippen LogP contribution in [-0.2, 0) is 11.2 Å². The molecule has 5 heteroatoms. The second-order valence-corrected chi connectivity index (χ2v) is 5.48. The second kappa shape index (κ2) is 7.88. The molecule has 0 radical (unpaired) electrons. The van der Waals surface area contributed by atoms with Crippen LogP contribution in [0, 0.1) is 0 Å². The van der Waals surface area contributed by atoms with Crippen LogP contribution in [0.1, 0.15) is 15.9 Å². The minimum absolute atomic E-state index is 0.0970. The average molecular weight is 331 g/mol. The summed E-state index contributed by atoms with van der Waals surface area (Å²) >= 11 is 0. The zero-order valence-corrected chi connectivity index (χ0v) is 13.5. The molecular formula is C20H17N3O2. The maximum Gasteiger partial charge on any atom is 0.255 e. The fourth-order valence-corrected chi connectivity index (χ4v) is 2.33. The van der Waals surface area contributed by atoms with Crippen LogP contribution in [0.4, 0.5) is 11.4 Å². The number of carbonyl (C=O) groups excluding carboxylic acids is 2. The molecule has 2 N–H and O–H groups in total. The quantitative estimate of drug-likeness (QED) is 0.751. The van der Waals surface area contributed by atoms with Crippen LogP contribution in [-0.4, -0.2) is 16.8 Å². The van der Waals surface area contributed by atoms with E-state index in [1.54, 1.807) is 48.8 Å². The summed E-state index contributed by atoms with van der Waals surface area (Å²) in [6.45, 7) is 0.